The van der Waals surface area contributed by atoms with Gasteiger partial charge in [-0.3, -0.25) is 13.9 Å². The summed E-state index contributed by atoms with van der Waals surface area (Å²) >= 11 is 6.02. The lowest BCUT2D eigenvalue weighted by Crippen LogP contribution is -2.52. The zero-order valence-electron chi connectivity index (χ0n) is 21.0. The van der Waals surface area contributed by atoms with Gasteiger partial charge in [0.15, 0.2) is 11.5 Å². The van der Waals surface area contributed by atoms with Crippen molar-refractivity contribution in [1.29, 1.82) is 0 Å². The van der Waals surface area contributed by atoms with Gasteiger partial charge in [0, 0.05) is 23.7 Å². The Morgan fingerprint density at radius 2 is 1.76 bits per heavy atom. The smallest absolute Gasteiger partial charge is 0.244 e. The van der Waals surface area contributed by atoms with Crippen LogP contribution in [0.3, 0.4) is 0 Å². The molecule has 2 aliphatic rings. The van der Waals surface area contributed by atoms with Crippen LogP contribution in [0.2, 0.25) is 5.02 Å². The van der Waals surface area contributed by atoms with Gasteiger partial charge in [-0.05, 0) is 56.5 Å². The number of nitrogens with one attached hydrogen (secondary N) is 1. The molecule has 2 amide bonds. The molecule has 11 heteroatoms. The van der Waals surface area contributed by atoms with Crippen LogP contribution < -0.4 is 19.1 Å². The maximum Gasteiger partial charge on any atom is 0.244 e. The number of sulfonamides is 1. The highest BCUT2D eigenvalue weighted by atomic mass is 35.5. The molecule has 37 heavy (non-hydrogen) atoms. The predicted molar refractivity (Wildman–Crippen MR) is 141 cm³/mol. The van der Waals surface area contributed by atoms with Gasteiger partial charge in [0.05, 0.1) is 11.4 Å². The summed E-state index contributed by atoms with van der Waals surface area (Å²) in [4.78, 5) is 28.3. The van der Waals surface area contributed by atoms with Crippen molar-refractivity contribution in [2.24, 2.45) is 0 Å². The molecule has 1 N–H and O–H groups in total. The van der Waals surface area contributed by atoms with Crippen LogP contribution in [-0.4, -0.2) is 56.3 Å². The third-order valence-corrected chi connectivity index (χ3v) is 8.75. The molecule has 1 fully saturated rings. The number of carbonyl (C=O) groups is 2. The van der Waals surface area contributed by atoms with Crippen molar-refractivity contribution < 1.29 is 27.5 Å². The van der Waals surface area contributed by atoms with Crippen molar-refractivity contribution in [1.82, 2.24) is 10.2 Å². The van der Waals surface area contributed by atoms with Gasteiger partial charge in [-0.25, -0.2) is 8.42 Å². The molecule has 0 spiro atoms. The van der Waals surface area contributed by atoms with E-state index >= 15 is 0 Å². The number of ether oxygens (including phenoxy) is 2. The van der Waals surface area contributed by atoms with Crippen molar-refractivity contribution in [2.45, 2.75) is 58.2 Å². The van der Waals surface area contributed by atoms with E-state index in [1.807, 2.05) is 0 Å². The van der Waals surface area contributed by atoms with Gasteiger partial charge in [0.1, 0.15) is 12.6 Å². The fraction of sp³-hybridized carbons (Fsp3) is 0.462. The summed E-state index contributed by atoms with van der Waals surface area (Å²) in [5.41, 5.74) is 1.06. The molecular weight excluding hydrogens is 518 g/mol. The van der Waals surface area contributed by atoms with E-state index in [4.69, 9.17) is 21.1 Å². The van der Waals surface area contributed by atoms with Crippen molar-refractivity contribution in [3.8, 4) is 11.5 Å². The lowest BCUT2D eigenvalue weighted by Gasteiger charge is -2.32. The van der Waals surface area contributed by atoms with Crippen LogP contribution >= 0.6 is 11.6 Å². The van der Waals surface area contributed by atoms with Crippen LogP contribution in [0, 0.1) is 0 Å². The second-order valence-electron chi connectivity index (χ2n) is 9.26. The first-order valence-electron chi connectivity index (χ1n) is 12.4. The average molecular weight is 550 g/mol. The minimum absolute atomic E-state index is 0.0424. The summed E-state index contributed by atoms with van der Waals surface area (Å²) in [6.45, 7) is 2.88. The highest BCUT2D eigenvalue weighted by Crippen LogP contribution is 2.36. The molecule has 200 valence electrons. The topological polar surface area (TPSA) is 105 Å². The van der Waals surface area contributed by atoms with E-state index in [9.17, 15) is 18.0 Å². The second-order valence-corrected chi connectivity index (χ2v) is 11.9. The van der Waals surface area contributed by atoms with Crippen LogP contribution in [0.4, 0.5) is 5.69 Å². The zero-order chi connectivity index (χ0) is 26.6. The van der Waals surface area contributed by atoms with E-state index in [-0.39, 0.29) is 36.7 Å². The molecule has 0 aromatic heterocycles. The Hall–Kier alpha value is -2.98. The number of rotatable bonds is 10. The monoisotopic (exact) mass is 549 g/mol. The van der Waals surface area contributed by atoms with Crippen molar-refractivity contribution in [2.75, 3.05) is 23.4 Å². The fourth-order valence-electron chi connectivity index (χ4n) is 4.52. The van der Waals surface area contributed by atoms with Crippen LogP contribution in [-0.2, 0) is 26.2 Å². The molecule has 0 saturated heterocycles. The number of amides is 2. The van der Waals surface area contributed by atoms with E-state index in [0.717, 1.165) is 35.6 Å². The number of halogens is 1. The second kappa shape index (κ2) is 11.6. The van der Waals surface area contributed by atoms with E-state index < -0.39 is 28.5 Å². The average Bonchev–Trinajstić information content (AvgIpc) is 3.57. The number of nitrogens with zero attached hydrogens (tertiary/aromatic N) is 2. The summed E-state index contributed by atoms with van der Waals surface area (Å²) in [5, 5.41) is 3.60. The SMILES string of the molecule is CCS(=O)(=O)N(CC(=O)N(Cc1ccc(Cl)cc1)[C@H](C)C(=O)NC1CCCC1)c1ccc2c(c1)OCO2. The third kappa shape index (κ3) is 6.48. The van der Waals surface area contributed by atoms with Gasteiger partial charge >= 0.3 is 0 Å². The van der Waals surface area contributed by atoms with Crippen molar-refractivity contribution in [3.63, 3.8) is 0 Å². The molecule has 1 atom stereocenters. The van der Waals surface area contributed by atoms with E-state index in [1.165, 1.54) is 11.8 Å². The van der Waals surface area contributed by atoms with Gasteiger partial charge in [0.2, 0.25) is 28.6 Å². The Bertz CT molecular complexity index is 1230. The number of carbonyl (C=O) groups excluding carboxylic acids is 2. The maximum absolute atomic E-state index is 13.7. The summed E-state index contributed by atoms with van der Waals surface area (Å²) in [6, 6.07) is 11.0. The summed E-state index contributed by atoms with van der Waals surface area (Å²) in [7, 11) is -3.83. The van der Waals surface area contributed by atoms with Crippen molar-refractivity contribution >= 4 is 39.1 Å². The maximum atomic E-state index is 13.7. The Balaban J connectivity index is 1.61. The molecular formula is C26H32ClN3O6S. The minimum atomic E-state index is -3.83. The number of benzene rings is 2. The molecule has 1 aliphatic carbocycles. The Morgan fingerprint density at radius 3 is 2.43 bits per heavy atom. The van der Waals surface area contributed by atoms with E-state index in [1.54, 1.807) is 49.4 Å². The Morgan fingerprint density at radius 1 is 1.08 bits per heavy atom. The van der Waals surface area contributed by atoms with Crippen molar-refractivity contribution in [3.05, 3.63) is 53.1 Å². The normalized spacial score (nSPS) is 15.9. The molecule has 2 aromatic carbocycles. The van der Waals surface area contributed by atoms with Crippen LogP contribution in [0.1, 0.15) is 45.1 Å². The van der Waals surface area contributed by atoms with E-state index in [0.29, 0.717) is 16.5 Å². The molecule has 0 unspecified atom stereocenters. The van der Waals surface area contributed by atoms with Gasteiger partial charge in [0.25, 0.3) is 0 Å². The number of hydrogen-bond acceptors (Lipinski definition) is 6. The molecule has 0 radical (unpaired) electrons. The largest absolute Gasteiger partial charge is 0.454 e. The molecule has 2 aromatic rings. The Labute approximate surface area is 222 Å². The summed E-state index contributed by atoms with van der Waals surface area (Å²) in [6.07, 6.45) is 3.95. The molecule has 1 heterocycles. The third-order valence-electron chi connectivity index (χ3n) is 6.76. The molecule has 1 aliphatic heterocycles. The van der Waals surface area contributed by atoms with Crippen LogP contribution in [0.5, 0.6) is 11.5 Å². The summed E-state index contributed by atoms with van der Waals surface area (Å²) < 4.78 is 38.0. The number of anilines is 1. The van der Waals surface area contributed by atoms with Crippen LogP contribution in [0.15, 0.2) is 42.5 Å². The predicted octanol–water partition coefficient (Wildman–Crippen LogP) is 3.70. The number of fused-ring (bicyclic) bond motifs is 1. The fourth-order valence-corrected chi connectivity index (χ4v) is 5.70. The highest BCUT2D eigenvalue weighted by molar-refractivity contribution is 7.92. The Kier molecular flexibility index (Phi) is 8.49. The standard InChI is InChI=1S/C26H32ClN3O6S/c1-3-37(33,34)30(22-12-13-23-24(14-22)36-17-35-23)16-25(31)29(15-19-8-10-20(27)11-9-19)18(2)26(32)28-21-6-4-5-7-21/h8-14,18,21H,3-7,15-17H2,1-2H3,(H,28,32)/t18-/m1/s1. The molecule has 1 saturated carbocycles. The van der Waals surface area contributed by atoms with E-state index in [2.05, 4.69) is 5.32 Å². The molecule has 4 rings (SSSR count). The minimum Gasteiger partial charge on any atom is -0.454 e. The number of hydrogen-bond donors (Lipinski definition) is 1. The van der Waals surface area contributed by atoms with Gasteiger partial charge in [-0.2, -0.15) is 0 Å². The van der Waals surface area contributed by atoms with Gasteiger partial charge in [-0.15, -0.1) is 0 Å². The zero-order valence-corrected chi connectivity index (χ0v) is 22.6. The first kappa shape index (κ1) is 27.1. The first-order valence-corrected chi connectivity index (χ1v) is 14.4. The van der Waals surface area contributed by atoms with Gasteiger partial charge in [-0.1, -0.05) is 36.6 Å². The van der Waals surface area contributed by atoms with Crippen LogP contribution in [0.25, 0.3) is 0 Å². The molecule has 9 nitrogen and oxygen atoms in total. The summed E-state index contributed by atoms with van der Waals surface area (Å²) in [5.74, 6) is -0.0566. The highest BCUT2D eigenvalue weighted by Gasteiger charge is 2.32. The lowest BCUT2D eigenvalue weighted by atomic mass is 10.1. The lowest BCUT2D eigenvalue weighted by molar-refractivity contribution is -0.139. The quantitative estimate of drug-likeness (QED) is 0.484. The molecule has 0 bridgehead atoms. The first-order chi connectivity index (χ1) is 17.7. The van der Waals surface area contributed by atoms with Gasteiger partial charge < -0.3 is 19.7 Å².